The van der Waals surface area contributed by atoms with E-state index in [1.54, 1.807) is 6.20 Å². The molecule has 0 fully saturated rings. The molecule has 1 heterocycles. The zero-order valence-corrected chi connectivity index (χ0v) is 10.3. The van der Waals surface area contributed by atoms with E-state index in [-0.39, 0.29) is 6.04 Å². The molecule has 92 valence electrons. The summed E-state index contributed by atoms with van der Waals surface area (Å²) in [5.74, 6) is 0. The molecule has 0 radical (unpaired) electrons. The summed E-state index contributed by atoms with van der Waals surface area (Å²) < 4.78 is 0. The van der Waals surface area contributed by atoms with Crippen LogP contribution in [-0.2, 0) is 0 Å². The second kappa shape index (κ2) is 8.28. The van der Waals surface area contributed by atoms with Crippen LogP contribution in [0.25, 0.3) is 0 Å². The molecule has 3 N–H and O–H groups in total. The molecule has 0 amide bonds. The van der Waals surface area contributed by atoms with Gasteiger partial charge in [-0.05, 0) is 6.42 Å². The van der Waals surface area contributed by atoms with Gasteiger partial charge in [0, 0.05) is 0 Å². The van der Waals surface area contributed by atoms with Crippen molar-refractivity contribution in [1.82, 2.24) is 15.4 Å². The fourth-order valence-electron chi connectivity index (χ4n) is 1.86. The van der Waals surface area contributed by atoms with Crippen molar-refractivity contribution in [2.75, 3.05) is 0 Å². The predicted octanol–water partition coefficient (Wildman–Crippen LogP) is 2.95. The Balaban J connectivity index is 1.95. The molecule has 1 atom stereocenters. The molecule has 0 bridgehead atoms. The second-order valence-electron chi connectivity index (χ2n) is 4.41. The van der Waals surface area contributed by atoms with E-state index in [1.807, 2.05) is 0 Å². The van der Waals surface area contributed by atoms with Crippen LogP contribution in [0.15, 0.2) is 6.20 Å². The van der Waals surface area contributed by atoms with Gasteiger partial charge in [0.15, 0.2) is 0 Å². The minimum atomic E-state index is 0.0504. The van der Waals surface area contributed by atoms with Crippen molar-refractivity contribution < 1.29 is 0 Å². The third-order valence-electron chi connectivity index (χ3n) is 2.93. The van der Waals surface area contributed by atoms with E-state index in [0.717, 1.165) is 12.1 Å². The SMILES string of the molecule is CCCCCCCCCC(N)c1cn[nH]n1. The van der Waals surface area contributed by atoms with Crippen molar-refractivity contribution in [3.63, 3.8) is 0 Å². The molecular formula is C12H24N4. The van der Waals surface area contributed by atoms with Gasteiger partial charge in [0.05, 0.1) is 17.9 Å². The Kier molecular flexibility index (Phi) is 6.81. The number of hydrogen-bond acceptors (Lipinski definition) is 3. The Morgan fingerprint density at radius 2 is 1.88 bits per heavy atom. The van der Waals surface area contributed by atoms with Crippen LogP contribution in [0.3, 0.4) is 0 Å². The van der Waals surface area contributed by atoms with Crippen LogP contribution >= 0.6 is 0 Å². The monoisotopic (exact) mass is 224 g/mol. The molecule has 1 aromatic rings. The van der Waals surface area contributed by atoms with Crippen molar-refractivity contribution >= 4 is 0 Å². The van der Waals surface area contributed by atoms with Crippen LogP contribution < -0.4 is 5.73 Å². The number of H-pyrrole nitrogens is 1. The maximum atomic E-state index is 5.98. The fraction of sp³-hybridized carbons (Fsp3) is 0.833. The molecule has 1 aromatic heterocycles. The van der Waals surface area contributed by atoms with Gasteiger partial charge in [0.25, 0.3) is 0 Å². The molecule has 16 heavy (non-hydrogen) atoms. The predicted molar refractivity (Wildman–Crippen MR) is 65.9 cm³/mol. The summed E-state index contributed by atoms with van der Waals surface area (Å²) in [5, 5.41) is 10.4. The first-order chi connectivity index (χ1) is 7.84. The minimum Gasteiger partial charge on any atom is -0.323 e. The van der Waals surface area contributed by atoms with Gasteiger partial charge in [0.2, 0.25) is 0 Å². The van der Waals surface area contributed by atoms with Crippen LogP contribution in [-0.4, -0.2) is 15.4 Å². The number of nitrogens with one attached hydrogen (secondary N) is 1. The Hall–Kier alpha value is -0.900. The van der Waals surface area contributed by atoms with Crippen LogP contribution in [0.4, 0.5) is 0 Å². The largest absolute Gasteiger partial charge is 0.323 e. The topological polar surface area (TPSA) is 67.6 Å². The Morgan fingerprint density at radius 1 is 1.19 bits per heavy atom. The average molecular weight is 224 g/mol. The van der Waals surface area contributed by atoms with Gasteiger partial charge >= 0.3 is 0 Å². The van der Waals surface area contributed by atoms with Crippen molar-refractivity contribution in [2.24, 2.45) is 5.73 Å². The van der Waals surface area contributed by atoms with E-state index in [0.29, 0.717) is 0 Å². The average Bonchev–Trinajstić information content (AvgIpc) is 2.81. The molecule has 1 unspecified atom stereocenters. The van der Waals surface area contributed by atoms with Crippen LogP contribution in [0, 0.1) is 0 Å². The lowest BCUT2D eigenvalue weighted by molar-refractivity contribution is 0.535. The van der Waals surface area contributed by atoms with Gasteiger partial charge in [0.1, 0.15) is 0 Å². The number of rotatable bonds is 9. The minimum absolute atomic E-state index is 0.0504. The van der Waals surface area contributed by atoms with Crippen molar-refractivity contribution in [3.8, 4) is 0 Å². The van der Waals surface area contributed by atoms with E-state index in [2.05, 4.69) is 22.3 Å². The van der Waals surface area contributed by atoms with Gasteiger partial charge in [-0.25, -0.2) is 0 Å². The molecule has 4 heteroatoms. The molecule has 0 saturated heterocycles. The van der Waals surface area contributed by atoms with Gasteiger partial charge in [-0.1, -0.05) is 51.9 Å². The highest BCUT2D eigenvalue weighted by Gasteiger charge is 2.07. The summed E-state index contributed by atoms with van der Waals surface area (Å²) in [6.07, 6.45) is 12.0. The zero-order valence-electron chi connectivity index (χ0n) is 10.3. The maximum absolute atomic E-state index is 5.98. The second-order valence-corrected chi connectivity index (χ2v) is 4.41. The molecule has 0 aliphatic rings. The summed E-state index contributed by atoms with van der Waals surface area (Å²) in [6, 6.07) is 0.0504. The van der Waals surface area contributed by atoms with E-state index >= 15 is 0 Å². The van der Waals surface area contributed by atoms with E-state index < -0.39 is 0 Å². The summed E-state index contributed by atoms with van der Waals surface area (Å²) in [7, 11) is 0. The number of nitrogens with two attached hydrogens (primary N) is 1. The molecule has 1 rings (SSSR count). The van der Waals surface area contributed by atoms with E-state index in [1.165, 1.54) is 44.9 Å². The number of unbranched alkanes of at least 4 members (excludes halogenated alkanes) is 6. The van der Waals surface area contributed by atoms with Gasteiger partial charge in [-0.3, -0.25) is 0 Å². The lowest BCUT2D eigenvalue weighted by Gasteiger charge is -2.07. The first kappa shape index (κ1) is 13.2. The highest BCUT2D eigenvalue weighted by molar-refractivity contribution is 4.97. The molecule has 0 saturated carbocycles. The van der Waals surface area contributed by atoms with E-state index in [9.17, 15) is 0 Å². The standard InChI is InChI=1S/C12H24N4/c1-2-3-4-5-6-7-8-9-11(13)12-10-14-16-15-12/h10-11H,2-9,13H2,1H3,(H,14,15,16). The smallest absolute Gasteiger partial charge is 0.0991 e. The van der Waals surface area contributed by atoms with Crippen LogP contribution in [0.2, 0.25) is 0 Å². The number of nitrogens with zero attached hydrogens (tertiary/aromatic N) is 2. The highest BCUT2D eigenvalue weighted by Crippen LogP contribution is 2.15. The van der Waals surface area contributed by atoms with Gasteiger partial charge in [-0.2, -0.15) is 15.4 Å². The maximum Gasteiger partial charge on any atom is 0.0991 e. The van der Waals surface area contributed by atoms with Crippen molar-refractivity contribution in [3.05, 3.63) is 11.9 Å². The summed E-state index contributed by atoms with van der Waals surface area (Å²) in [5.41, 5.74) is 6.86. The summed E-state index contributed by atoms with van der Waals surface area (Å²) in [6.45, 7) is 2.25. The van der Waals surface area contributed by atoms with Crippen molar-refractivity contribution in [2.45, 2.75) is 64.3 Å². The number of hydrogen-bond donors (Lipinski definition) is 2. The normalized spacial score (nSPS) is 12.9. The fourth-order valence-corrected chi connectivity index (χ4v) is 1.86. The van der Waals surface area contributed by atoms with Crippen LogP contribution in [0.5, 0.6) is 0 Å². The van der Waals surface area contributed by atoms with Gasteiger partial charge in [-0.15, -0.1) is 0 Å². The summed E-state index contributed by atoms with van der Waals surface area (Å²) >= 11 is 0. The summed E-state index contributed by atoms with van der Waals surface area (Å²) in [4.78, 5) is 0. The first-order valence-corrected chi connectivity index (χ1v) is 6.46. The molecule has 0 aliphatic heterocycles. The third kappa shape index (κ3) is 5.26. The first-order valence-electron chi connectivity index (χ1n) is 6.46. The van der Waals surface area contributed by atoms with Gasteiger partial charge < -0.3 is 5.73 Å². The Morgan fingerprint density at radius 3 is 2.50 bits per heavy atom. The number of aromatic amines is 1. The molecule has 0 aromatic carbocycles. The molecule has 4 nitrogen and oxygen atoms in total. The lowest BCUT2D eigenvalue weighted by atomic mass is 10.0. The van der Waals surface area contributed by atoms with E-state index in [4.69, 9.17) is 5.73 Å². The van der Waals surface area contributed by atoms with Crippen LogP contribution in [0.1, 0.15) is 70.0 Å². The van der Waals surface area contributed by atoms with Crippen molar-refractivity contribution in [1.29, 1.82) is 0 Å². The molecular weight excluding hydrogens is 200 g/mol. The Labute approximate surface area is 98.0 Å². The lowest BCUT2D eigenvalue weighted by Crippen LogP contribution is -2.10. The third-order valence-corrected chi connectivity index (χ3v) is 2.93. The molecule has 0 aliphatic carbocycles. The Bertz CT molecular complexity index is 246. The molecule has 0 spiro atoms. The zero-order chi connectivity index (χ0) is 11.6. The highest BCUT2D eigenvalue weighted by atomic mass is 15.3. The quantitative estimate of drug-likeness (QED) is 0.634. The number of aromatic nitrogens is 3.